The lowest BCUT2D eigenvalue weighted by Crippen LogP contribution is -2.44. The number of aliphatic hydroxyl groups excluding tert-OH is 1. The van der Waals surface area contributed by atoms with E-state index in [0.717, 1.165) is 5.56 Å². The van der Waals surface area contributed by atoms with Crippen LogP contribution in [0.3, 0.4) is 0 Å². The second-order valence-corrected chi connectivity index (χ2v) is 3.66. The fraction of sp³-hybridized carbons (Fsp3) is 0.455. The highest BCUT2D eigenvalue weighted by Crippen LogP contribution is 2.20. The van der Waals surface area contributed by atoms with Crippen LogP contribution in [0, 0.1) is 5.82 Å². The summed E-state index contributed by atoms with van der Waals surface area (Å²) in [6.07, 6.45) is -0.0478. The Hall–Kier alpha value is -0.970. The first-order valence-corrected chi connectivity index (χ1v) is 5.01. The van der Waals surface area contributed by atoms with Gasteiger partial charge < -0.3 is 15.2 Å². The molecule has 2 N–H and O–H groups in total. The highest BCUT2D eigenvalue weighted by molar-refractivity contribution is 5.19. The molecule has 1 fully saturated rings. The highest BCUT2D eigenvalue weighted by atomic mass is 19.1. The molecule has 0 aliphatic carbocycles. The predicted octanol–water partition coefficient (Wildman–Crippen LogP) is 0.847. The molecule has 1 saturated heterocycles. The highest BCUT2D eigenvalue weighted by Gasteiger charge is 2.21. The molecule has 1 heterocycles. The standard InChI is InChI=1S/C11H14FNO2/c12-9-3-1-8(2-4-9)11-5-13-10(6-14)7-15-11/h1-4,10-11,13-14H,5-7H2. The van der Waals surface area contributed by atoms with Gasteiger partial charge >= 0.3 is 0 Å². The SMILES string of the molecule is OCC1COC(c2ccc(F)cc2)CN1. The minimum Gasteiger partial charge on any atom is -0.395 e. The van der Waals surface area contributed by atoms with E-state index in [9.17, 15) is 4.39 Å². The van der Waals surface area contributed by atoms with E-state index in [0.29, 0.717) is 13.2 Å². The number of aliphatic hydroxyl groups is 1. The van der Waals surface area contributed by atoms with E-state index in [1.165, 1.54) is 12.1 Å². The van der Waals surface area contributed by atoms with E-state index >= 15 is 0 Å². The quantitative estimate of drug-likeness (QED) is 0.762. The van der Waals surface area contributed by atoms with E-state index in [1.54, 1.807) is 12.1 Å². The van der Waals surface area contributed by atoms with Crippen LogP contribution in [-0.4, -0.2) is 30.9 Å². The van der Waals surface area contributed by atoms with Gasteiger partial charge in [0.05, 0.1) is 25.4 Å². The van der Waals surface area contributed by atoms with Crippen LogP contribution in [0.25, 0.3) is 0 Å². The number of halogens is 1. The van der Waals surface area contributed by atoms with E-state index in [4.69, 9.17) is 9.84 Å². The fourth-order valence-corrected chi connectivity index (χ4v) is 1.63. The van der Waals surface area contributed by atoms with Crippen molar-refractivity contribution in [3.63, 3.8) is 0 Å². The number of nitrogens with one attached hydrogen (secondary N) is 1. The molecule has 1 aliphatic rings. The number of ether oxygens (including phenoxy) is 1. The van der Waals surface area contributed by atoms with Crippen molar-refractivity contribution in [2.45, 2.75) is 12.1 Å². The molecular formula is C11H14FNO2. The van der Waals surface area contributed by atoms with E-state index < -0.39 is 0 Å². The Labute approximate surface area is 87.9 Å². The van der Waals surface area contributed by atoms with Crippen molar-refractivity contribution in [1.82, 2.24) is 5.32 Å². The molecule has 2 atom stereocenters. The molecular weight excluding hydrogens is 197 g/mol. The lowest BCUT2D eigenvalue weighted by molar-refractivity contribution is -0.00954. The van der Waals surface area contributed by atoms with Crippen molar-refractivity contribution < 1.29 is 14.2 Å². The van der Waals surface area contributed by atoms with Crippen molar-refractivity contribution in [3.05, 3.63) is 35.6 Å². The molecule has 1 aliphatic heterocycles. The second kappa shape index (κ2) is 4.70. The van der Waals surface area contributed by atoms with Crippen LogP contribution in [0.15, 0.2) is 24.3 Å². The molecule has 1 aromatic carbocycles. The third kappa shape index (κ3) is 2.53. The Morgan fingerprint density at radius 2 is 2.13 bits per heavy atom. The molecule has 0 aromatic heterocycles. The lowest BCUT2D eigenvalue weighted by atomic mass is 10.1. The molecule has 82 valence electrons. The Bertz CT molecular complexity index is 307. The van der Waals surface area contributed by atoms with Crippen LogP contribution in [0.5, 0.6) is 0 Å². The van der Waals surface area contributed by atoms with Crippen molar-refractivity contribution in [3.8, 4) is 0 Å². The molecule has 4 heteroatoms. The maximum atomic E-state index is 12.7. The molecule has 0 spiro atoms. The Balaban J connectivity index is 1.98. The van der Waals surface area contributed by atoms with Crippen LogP contribution in [0.2, 0.25) is 0 Å². The molecule has 15 heavy (non-hydrogen) atoms. The first kappa shape index (κ1) is 10.5. The molecule has 2 unspecified atom stereocenters. The Morgan fingerprint density at radius 3 is 2.67 bits per heavy atom. The minimum atomic E-state index is -0.240. The topological polar surface area (TPSA) is 41.5 Å². The van der Waals surface area contributed by atoms with E-state index in [-0.39, 0.29) is 24.6 Å². The smallest absolute Gasteiger partial charge is 0.123 e. The monoisotopic (exact) mass is 211 g/mol. The maximum Gasteiger partial charge on any atom is 0.123 e. The zero-order valence-electron chi connectivity index (χ0n) is 8.32. The fourth-order valence-electron chi connectivity index (χ4n) is 1.63. The van der Waals surface area contributed by atoms with Gasteiger partial charge in [0.15, 0.2) is 0 Å². The first-order valence-electron chi connectivity index (χ1n) is 5.01. The van der Waals surface area contributed by atoms with Crippen molar-refractivity contribution in [1.29, 1.82) is 0 Å². The van der Waals surface area contributed by atoms with Crippen LogP contribution < -0.4 is 5.32 Å². The molecule has 0 saturated carbocycles. The second-order valence-electron chi connectivity index (χ2n) is 3.66. The largest absolute Gasteiger partial charge is 0.395 e. The van der Waals surface area contributed by atoms with Gasteiger partial charge in [0.25, 0.3) is 0 Å². The zero-order chi connectivity index (χ0) is 10.7. The van der Waals surface area contributed by atoms with Gasteiger partial charge in [-0.3, -0.25) is 0 Å². The number of hydrogen-bond donors (Lipinski definition) is 2. The maximum absolute atomic E-state index is 12.7. The zero-order valence-corrected chi connectivity index (χ0v) is 8.32. The van der Waals surface area contributed by atoms with Crippen LogP contribution >= 0.6 is 0 Å². The van der Waals surface area contributed by atoms with Gasteiger partial charge in [0.2, 0.25) is 0 Å². The summed E-state index contributed by atoms with van der Waals surface area (Å²) >= 11 is 0. The van der Waals surface area contributed by atoms with E-state index in [2.05, 4.69) is 5.32 Å². The van der Waals surface area contributed by atoms with Crippen molar-refractivity contribution in [2.75, 3.05) is 19.8 Å². The number of benzene rings is 1. The first-order chi connectivity index (χ1) is 7.29. The minimum absolute atomic E-state index is 0.0155. The third-order valence-electron chi connectivity index (χ3n) is 2.55. The molecule has 0 bridgehead atoms. The summed E-state index contributed by atoms with van der Waals surface area (Å²) in [7, 11) is 0. The summed E-state index contributed by atoms with van der Waals surface area (Å²) in [5.74, 6) is -0.240. The van der Waals surface area contributed by atoms with Gasteiger partial charge in [-0.1, -0.05) is 12.1 Å². The lowest BCUT2D eigenvalue weighted by Gasteiger charge is -2.29. The average Bonchev–Trinajstić information content (AvgIpc) is 2.30. The van der Waals surface area contributed by atoms with E-state index in [1.807, 2.05) is 0 Å². The van der Waals surface area contributed by atoms with Gasteiger partial charge in [-0.25, -0.2) is 4.39 Å². The van der Waals surface area contributed by atoms with Crippen molar-refractivity contribution in [2.24, 2.45) is 0 Å². The number of hydrogen-bond acceptors (Lipinski definition) is 3. The van der Waals surface area contributed by atoms with Crippen molar-refractivity contribution >= 4 is 0 Å². The summed E-state index contributed by atoms with van der Waals surface area (Å²) in [6, 6.07) is 6.32. The van der Waals surface area contributed by atoms with Gasteiger partial charge in [-0.05, 0) is 17.7 Å². The van der Waals surface area contributed by atoms with Gasteiger partial charge in [-0.2, -0.15) is 0 Å². The summed E-state index contributed by atoms with van der Waals surface area (Å²) in [5, 5.41) is 12.1. The molecule has 2 rings (SSSR count). The normalized spacial score (nSPS) is 26.5. The summed E-state index contributed by atoms with van der Waals surface area (Å²) in [4.78, 5) is 0. The van der Waals surface area contributed by atoms with Gasteiger partial charge in [0, 0.05) is 6.54 Å². The van der Waals surface area contributed by atoms with Crippen LogP contribution in [0.4, 0.5) is 4.39 Å². The number of morpholine rings is 1. The summed E-state index contributed by atoms with van der Waals surface area (Å²) in [6.45, 7) is 1.21. The number of rotatable bonds is 2. The Kier molecular flexibility index (Phi) is 3.30. The average molecular weight is 211 g/mol. The van der Waals surface area contributed by atoms with Gasteiger partial charge in [0.1, 0.15) is 5.82 Å². The van der Waals surface area contributed by atoms with Gasteiger partial charge in [-0.15, -0.1) is 0 Å². The third-order valence-corrected chi connectivity index (χ3v) is 2.55. The molecule has 1 aromatic rings. The predicted molar refractivity (Wildman–Crippen MR) is 54.0 cm³/mol. The molecule has 0 amide bonds. The van der Waals surface area contributed by atoms with Crippen LogP contribution in [-0.2, 0) is 4.74 Å². The summed E-state index contributed by atoms with van der Waals surface area (Å²) < 4.78 is 18.2. The molecule has 0 radical (unpaired) electrons. The molecule has 3 nitrogen and oxygen atoms in total. The summed E-state index contributed by atoms with van der Waals surface area (Å²) in [5.41, 5.74) is 0.959. The Morgan fingerprint density at radius 1 is 1.40 bits per heavy atom. The van der Waals surface area contributed by atoms with Crippen LogP contribution in [0.1, 0.15) is 11.7 Å².